The van der Waals surface area contributed by atoms with Crippen LogP contribution in [0.2, 0.25) is 0 Å². The Morgan fingerprint density at radius 2 is 1.68 bits per heavy atom. The zero-order valence-corrected chi connectivity index (χ0v) is 12.6. The Morgan fingerprint density at radius 1 is 1.05 bits per heavy atom. The summed E-state index contributed by atoms with van der Waals surface area (Å²) in [6.07, 6.45) is 8.06. The summed E-state index contributed by atoms with van der Waals surface area (Å²) in [5, 5.41) is 0. The van der Waals surface area contributed by atoms with Gasteiger partial charge in [0, 0.05) is 19.0 Å². The lowest BCUT2D eigenvalue weighted by Gasteiger charge is -2.38. The maximum absolute atomic E-state index is 12.5. The summed E-state index contributed by atoms with van der Waals surface area (Å²) >= 11 is 0. The largest absolute Gasteiger partial charge is 0.340 e. The van der Waals surface area contributed by atoms with Crippen molar-refractivity contribution in [1.82, 2.24) is 4.90 Å². The SMILES string of the molecule is CC1CCC(C)N(C(=O)CC2CCC(CN)CC2)C1. The summed E-state index contributed by atoms with van der Waals surface area (Å²) in [4.78, 5) is 14.6. The summed E-state index contributed by atoms with van der Waals surface area (Å²) in [5.41, 5.74) is 5.73. The lowest BCUT2D eigenvalue weighted by Crippen LogP contribution is -2.45. The van der Waals surface area contributed by atoms with Crippen molar-refractivity contribution >= 4 is 5.91 Å². The number of carbonyl (C=O) groups excluding carboxylic acids is 1. The molecule has 1 aliphatic heterocycles. The van der Waals surface area contributed by atoms with Crippen molar-refractivity contribution in [3.05, 3.63) is 0 Å². The number of nitrogens with two attached hydrogens (primary N) is 1. The van der Waals surface area contributed by atoms with E-state index in [2.05, 4.69) is 18.7 Å². The van der Waals surface area contributed by atoms with Crippen LogP contribution in [0, 0.1) is 17.8 Å². The molecule has 0 aromatic heterocycles. The van der Waals surface area contributed by atoms with Crippen molar-refractivity contribution in [3.63, 3.8) is 0 Å². The minimum Gasteiger partial charge on any atom is -0.340 e. The molecule has 110 valence electrons. The fourth-order valence-corrected chi connectivity index (χ4v) is 3.67. The maximum Gasteiger partial charge on any atom is 0.223 e. The van der Waals surface area contributed by atoms with Gasteiger partial charge in [0.2, 0.25) is 5.91 Å². The summed E-state index contributed by atoms with van der Waals surface area (Å²) < 4.78 is 0. The average Bonchev–Trinajstić information content (AvgIpc) is 2.42. The molecular formula is C16H30N2O. The molecule has 1 saturated carbocycles. The van der Waals surface area contributed by atoms with Gasteiger partial charge >= 0.3 is 0 Å². The van der Waals surface area contributed by atoms with E-state index in [1.807, 2.05) is 0 Å². The lowest BCUT2D eigenvalue weighted by atomic mass is 9.80. The van der Waals surface area contributed by atoms with E-state index in [4.69, 9.17) is 5.73 Å². The van der Waals surface area contributed by atoms with E-state index in [1.54, 1.807) is 0 Å². The van der Waals surface area contributed by atoms with Gasteiger partial charge in [0.1, 0.15) is 0 Å². The van der Waals surface area contributed by atoms with Crippen LogP contribution >= 0.6 is 0 Å². The number of hydrogen-bond acceptors (Lipinski definition) is 2. The van der Waals surface area contributed by atoms with Crippen LogP contribution in [0.4, 0.5) is 0 Å². The highest BCUT2D eigenvalue weighted by atomic mass is 16.2. The third-order valence-corrected chi connectivity index (χ3v) is 5.20. The molecule has 1 aliphatic carbocycles. The van der Waals surface area contributed by atoms with Crippen LogP contribution in [0.3, 0.4) is 0 Å². The van der Waals surface area contributed by atoms with Crippen LogP contribution < -0.4 is 5.73 Å². The van der Waals surface area contributed by atoms with E-state index in [9.17, 15) is 4.79 Å². The molecule has 2 rings (SSSR count). The van der Waals surface area contributed by atoms with Crippen molar-refractivity contribution in [2.75, 3.05) is 13.1 Å². The van der Waals surface area contributed by atoms with Gasteiger partial charge in [0.05, 0.1) is 0 Å². The fraction of sp³-hybridized carbons (Fsp3) is 0.938. The van der Waals surface area contributed by atoms with Crippen LogP contribution in [0.15, 0.2) is 0 Å². The Hall–Kier alpha value is -0.570. The molecule has 2 fully saturated rings. The van der Waals surface area contributed by atoms with Crippen LogP contribution in [0.5, 0.6) is 0 Å². The number of rotatable bonds is 3. The summed E-state index contributed by atoms with van der Waals surface area (Å²) in [6.45, 7) is 6.26. The van der Waals surface area contributed by atoms with Crippen LogP contribution in [0.1, 0.15) is 58.8 Å². The van der Waals surface area contributed by atoms with E-state index in [0.29, 0.717) is 29.7 Å². The van der Waals surface area contributed by atoms with Gasteiger partial charge in [0.15, 0.2) is 0 Å². The van der Waals surface area contributed by atoms with Gasteiger partial charge in [-0.15, -0.1) is 0 Å². The zero-order valence-electron chi connectivity index (χ0n) is 12.6. The second-order valence-corrected chi connectivity index (χ2v) is 6.90. The number of piperidine rings is 1. The van der Waals surface area contributed by atoms with Gasteiger partial charge in [0.25, 0.3) is 0 Å². The highest BCUT2D eigenvalue weighted by Crippen LogP contribution is 2.31. The number of amides is 1. The van der Waals surface area contributed by atoms with Crippen molar-refractivity contribution in [1.29, 1.82) is 0 Å². The zero-order chi connectivity index (χ0) is 13.8. The van der Waals surface area contributed by atoms with Crippen LogP contribution in [-0.4, -0.2) is 29.9 Å². The van der Waals surface area contributed by atoms with E-state index < -0.39 is 0 Å². The molecule has 2 aliphatic rings. The quantitative estimate of drug-likeness (QED) is 0.854. The molecule has 2 unspecified atom stereocenters. The third kappa shape index (κ3) is 3.95. The van der Waals surface area contributed by atoms with Gasteiger partial charge < -0.3 is 10.6 Å². The Bertz CT molecular complexity index is 297. The second kappa shape index (κ2) is 6.74. The Balaban J connectivity index is 1.80. The van der Waals surface area contributed by atoms with Crippen molar-refractivity contribution < 1.29 is 4.79 Å². The lowest BCUT2D eigenvalue weighted by molar-refractivity contribution is -0.136. The maximum atomic E-state index is 12.5. The molecule has 2 atom stereocenters. The molecule has 1 saturated heterocycles. The first kappa shape index (κ1) is 14.8. The van der Waals surface area contributed by atoms with Gasteiger partial charge in [-0.3, -0.25) is 4.79 Å². The van der Waals surface area contributed by atoms with Crippen LogP contribution in [0.25, 0.3) is 0 Å². The number of nitrogens with zero attached hydrogens (tertiary/aromatic N) is 1. The summed E-state index contributed by atoms with van der Waals surface area (Å²) in [5.74, 6) is 2.39. The minimum absolute atomic E-state index is 0.398. The molecule has 0 aromatic carbocycles. The Kier molecular flexibility index (Phi) is 5.26. The Labute approximate surface area is 117 Å². The fourth-order valence-electron chi connectivity index (χ4n) is 3.67. The van der Waals surface area contributed by atoms with Crippen molar-refractivity contribution in [3.8, 4) is 0 Å². The summed E-state index contributed by atoms with van der Waals surface area (Å²) in [7, 11) is 0. The standard InChI is InChI=1S/C16H30N2O/c1-12-3-4-13(2)18(11-12)16(19)9-14-5-7-15(10-17)8-6-14/h12-15H,3-11,17H2,1-2H3. The molecule has 2 N–H and O–H groups in total. The summed E-state index contributed by atoms with van der Waals surface area (Å²) in [6, 6.07) is 0.448. The van der Waals surface area contributed by atoms with Crippen molar-refractivity contribution in [2.24, 2.45) is 23.5 Å². The molecule has 1 heterocycles. The molecule has 0 spiro atoms. The smallest absolute Gasteiger partial charge is 0.223 e. The second-order valence-electron chi connectivity index (χ2n) is 6.90. The van der Waals surface area contributed by atoms with E-state index in [1.165, 1.54) is 38.5 Å². The molecule has 3 nitrogen and oxygen atoms in total. The van der Waals surface area contributed by atoms with Gasteiger partial charge in [-0.2, -0.15) is 0 Å². The number of hydrogen-bond donors (Lipinski definition) is 1. The molecule has 19 heavy (non-hydrogen) atoms. The van der Waals surface area contributed by atoms with Crippen LogP contribution in [-0.2, 0) is 4.79 Å². The molecule has 0 aromatic rings. The number of carbonyl (C=O) groups is 1. The highest BCUT2D eigenvalue weighted by Gasteiger charge is 2.29. The van der Waals surface area contributed by atoms with Gasteiger partial charge in [-0.05, 0) is 69.7 Å². The van der Waals surface area contributed by atoms with Gasteiger partial charge in [-0.1, -0.05) is 6.92 Å². The molecule has 0 bridgehead atoms. The third-order valence-electron chi connectivity index (χ3n) is 5.20. The topological polar surface area (TPSA) is 46.3 Å². The predicted molar refractivity (Wildman–Crippen MR) is 78.7 cm³/mol. The van der Waals surface area contributed by atoms with E-state index >= 15 is 0 Å². The first-order valence-corrected chi connectivity index (χ1v) is 8.09. The highest BCUT2D eigenvalue weighted by molar-refractivity contribution is 5.76. The average molecular weight is 266 g/mol. The van der Waals surface area contributed by atoms with Crippen molar-refractivity contribution in [2.45, 2.75) is 64.8 Å². The molecular weight excluding hydrogens is 236 g/mol. The first-order chi connectivity index (χ1) is 9.10. The minimum atomic E-state index is 0.398. The van der Waals surface area contributed by atoms with E-state index in [0.717, 1.165) is 19.5 Å². The molecule has 1 amide bonds. The first-order valence-electron chi connectivity index (χ1n) is 8.09. The molecule has 3 heteroatoms. The normalized spacial score (nSPS) is 36.3. The predicted octanol–water partition coefficient (Wildman–Crippen LogP) is 2.79. The monoisotopic (exact) mass is 266 g/mol. The van der Waals surface area contributed by atoms with Gasteiger partial charge in [-0.25, -0.2) is 0 Å². The molecule has 0 radical (unpaired) electrons. The Morgan fingerprint density at radius 3 is 2.32 bits per heavy atom. The number of likely N-dealkylation sites (tertiary alicyclic amines) is 1. The van der Waals surface area contributed by atoms with E-state index in [-0.39, 0.29) is 0 Å².